The van der Waals surface area contributed by atoms with Crippen LogP contribution >= 0.6 is 11.3 Å². The summed E-state index contributed by atoms with van der Waals surface area (Å²) in [6, 6.07) is 3.98. The van der Waals surface area contributed by atoms with Crippen molar-refractivity contribution in [2.45, 2.75) is 0 Å². The molecule has 0 unspecified atom stereocenters. The molecule has 0 atom stereocenters. The van der Waals surface area contributed by atoms with E-state index in [2.05, 4.69) is 0 Å². The van der Waals surface area contributed by atoms with Crippen LogP contribution in [0.5, 0.6) is 17.2 Å². The minimum Gasteiger partial charge on any atom is -0.493 e. The first-order chi connectivity index (χ1) is 7.31. The average Bonchev–Trinajstić information content (AvgIpc) is 2.73. The van der Waals surface area contributed by atoms with Gasteiger partial charge in [0.1, 0.15) is 0 Å². The molecular formula is C11H12O3S. The molecule has 0 aliphatic rings. The van der Waals surface area contributed by atoms with Crippen molar-refractivity contribution in [3.05, 3.63) is 17.5 Å². The average molecular weight is 224 g/mol. The summed E-state index contributed by atoms with van der Waals surface area (Å²) in [5.41, 5.74) is 0. The zero-order chi connectivity index (χ0) is 10.8. The summed E-state index contributed by atoms with van der Waals surface area (Å²) < 4.78 is 17.0. The summed E-state index contributed by atoms with van der Waals surface area (Å²) in [6.07, 6.45) is 0. The predicted octanol–water partition coefficient (Wildman–Crippen LogP) is 2.93. The Balaban J connectivity index is 2.78. The Morgan fingerprint density at radius 1 is 1.00 bits per heavy atom. The summed E-state index contributed by atoms with van der Waals surface area (Å²) >= 11 is 1.63. The lowest BCUT2D eigenvalue weighted by Gasteiger charge is -2.12. The molecule has 80 valence electrons. The molecule has 0 amide bonds. The van der Waals surface area contributed by atoms with Gasteiger partial charge < -0.3 is 14.2 Å². The first kappa shape index (κ1) is 10.1. The molecular weight excluding hydrogens is 212 g/mol. The van der Waals surface area contributed by atoms with Gasteiger partial charge in [-0.3, -0.25) is 0 Å². The van der Waals surface area contributed by atoms with Crippen molar-refractivity contribution in [1.82, 2.24) is 0 Å². The topological polar surface area (TPSA) is 27.7 Å². The summed E-state index contributed by atoms with van der Waals surface area (Å²) in [7, 11) is 4.87. The molecule has 0 radical (unpaired) electrons. The van der Waals surface area contributed by atoms with Gasteiger partial charge in [0.05, 0.1) is 26.0 Å². The molecule has 1 heterocycles. The van der Waals surface area contributed by atoms with E-state index < -0.39 is 0 Å². The van der Waals surface area contributed by atoms with E-state index in [4.69, 9.17) is 14.2 Å². The van der Waals surface area contributed by atoms with E-state index in [0.717, 1.165) is 15.8 Å². The maximum atomic E-state index is 5.36. The second-order valence-corrected chi connectivity index (χ2v) is 3.90. The van der Waals surface area contributed by atoms with Crippen LogP contribution in [0.1, 0.15) is 0 Å². The SMILES string of the molecule is COc1cc2ccsc2c(OC)c1OC. The van der Waals surface area contributed by atoms with Gasteiger partial charge in [0.15, 0.2) is 11.5 Å². The fraction of sp³-hybridized carbons (Fsp3) is 0.273. The first-order valence-corrected chi connectivity index (χ1v) is 5.36. The van der Waals surface area contributed by atoms with Crippen molar-refractivity contribution in [2.75, 3.05) is 21.3 Å². The number of fused-ring (bicyclic) bond motifs is 1. The fourth-order valence-corrected chi connectivity index (χ4v) is 2.47. The van der Waals surface area contributed by atoms with Crippen LogP contribution in [0.25, 0.3) is 10.1 Å². The van der Waals surface area contributed by atoms with Crippen molar-refractivity contribution in [2.24, 2.45) is 0 Å². The highest BCUT2D eigenvalue weighted by Gasteiger charge is 2.16. The molecule has 15 heavy (non-hydrogen) atoms. The number of hydrogen-bond donors (Lipinski definition) is 0. The zero-order valence-electron chi connectivity index (χ0n) is 8.87. The van der Waals surface area contributed by atoms with Gasteiger partial charge in [-0.25, -0.2) is 0 Å². The maximum absolute atomic E-state index is 5.36. The minimum atomic E-state index is 0.648. The van der Waals surface area contributed by atoms with E-state index in [1.54, 1.807) is 32.7 Å². The van der Waals surface area contributed by atoms with E-state index in [-0.39, 0.29) is 0 Å². The Bertz CT molecular complexity index is 476. The lowest BCUT2D eigenvalue weighted by molar-refractivity contribution is 0.327. The Morgan fingerprint density at radius 3 is 2.33 bits per heavy atom. The third kappa shape index (κ3) is 1.51. The van der Waals surface area contributed by atoms with Crippen LogP contribution in [0.2, 0.25) is 0 Å². The third-order valence-electron chi connectivity index (χ3n) is 2.25. The van der Waals surface area contributed by atoms with E-state index >= 15 is 0 Å². The van der Waals surface area contributed by atoms with Gasteiger partial charge in [-0.2, -0.15) is 0 Å². The standard InChI is InChI=1S/C11H12O3S/c1-12-8-6-7-4-5-15-11(7)10(14-3)9(8)13-2/h4-6H,1-3H3. The first-order valence-electron chi connectivity index (χ1n) is 4.48. The Kier molecular flexibility index (Phi) is 2.68. The van der Waals surface area contributed by atoms with Gasteiger partial charge in [-0.15, -0.1) is 11.3 Å². The predicted molar refractivity (Wildman–Crippen MR) is 61.5 cm³/mol. The van der Waals surface area contributed by atoms with E-state index in [9.17, 15) is 0 Å². The van der Waals surface area contributed by atoms with Crippen molar-refractivity contribution in [1.29, 1.82) is 0 Å². The number of methoxy groups -OCH3 is 3. The van der Waals surface area contributed by atoms with Gasteiger partial charge in [-0.05, 0) is 17.5 Å². The van der Waals surface area contributed by atoms with Gasteiger partial charge in [-0.1, -0.05) is 0 Å². The molecule has 1 aromatic heterocycles. The maximum Gasteiger partial charge on any atom is 0.204 e. The highest BCUT2D eigenvalue weighted by Crippen LogP contribution is 2.45. The molecule has 0 saturated carbocycles. The molecule has 4 heteroatoms. The molecule has 0 aliphatic heterocycles. The summed E-state index contributed by atoms with van der Waals surface area (Å²) in [4.78, 5) is 0. The highest BCUT2D eigenvalue weighted by atomic mass is 32.1. The van der Waals surface area contributed by atoms with Crippen LogP contribution in [-0.2, 0) is 0 Å². The van der Waals surface area contributed by atoms with Crippen LogP contribution in [0.4, 0.5) is 0 Å². The molecule has 0 aliphatic carbocycles. The summed E-state index contributed by atoms with van der Waals surface area (Å²) in [6.45, 7) is 0. The quantitative estimate of drug-likeness (QED) is 0.802. The largest absolute Gasteiger partial charge is 0.493 e. The molecule has 0 fully saturated rings. The Hall–Kier alpha value is -1.42. The monoisotopic (exact) mass is 224 g/mol. The van der Waals surface area contributed by atoms with Crippen LogP contribution in [0, 0.1) is 0 Å². The zero-order valence-corrected chi connectivity index (χ0v) is 9.68. The molecule has 1 aromatic carbocycles. The molecule has 0 bridgehead atoms. The molecule has 0 saturated heterocycles. The number of ether oxygens (including phenoxy) is 3. The number of hydrogen-bond acceptors (Lipinski definition) is 4. The highest BCUT2D eigenvalue weighted by molar-refractivity contribution is 7.17. The lowest BCUT2D eigenvalue weighted by atomic mass is 10.2. The third-order valence-corrected chi connectivity index (χ3v) is 3.18. The van der Waals surface area contributed by atoms with Gasteiger partial charge in [0.25, 0.3) is 0 Å². The van der Waals surface area contributed by atoms with E-state index in [1.807, 2.05) is 17.5 Å². The molecule has 0 spiro atoms. The van der Waals surface area contributed by atoms with Crippen LogP contribution in [-0.4, -0.2) is 21.3 Å². The van der Waals surface area contributed by atoms with Gasteiger partial charge >= 0.3 is 0 Å². The number of thiophene rings is 1. The number of rotatable bonds is 3. The van der Waals surface area contributed by atoms with Crippen LogP contribution in [0.3, 0.4) is 0 Å². The van der Waals surface area contributed by atoms with E-state index in [0.29, 0.717) is 11.5 Å². The Labute approximate surface area is 92.2 Å². The van der Waals surface area contributed by atoms with Gasteiger partial charge in [0, 0.05) is 5.39 Å². The Morgan fingerprint density at radius 2 is 1.73 bits per heavy atom. The van der Waals surface area contributed by atoms with Crippen molar-refractivity contribution < 1.29 is 14.2 Å². The molecule has 2 rings (SSSR count). The normalized spacial score (nSPS) is 10.3. The van der Waals surface area contributed by atoms with Crippen molar-refractivity contribution in [3.63, 3.8) is 0 Å². The summed E-state index contributed by atoms with van der Waals surface area (Å²) in [5, 5.41) is 3.13. The van der Waals surface area contributed by atoms with E-state index in [1.165, 1.54) is 0 Å². The molecule has 3 nitrogen and oxygen atoms in total. The van der Waals surface area contributed by atoms with Crippen LogP contribution < -0.4 is 14.2 Å². The fourth-order valence-electron chi connectivity index (χ4n) is 1.57. The van der Waals surface area contributed by atoms with Crippen LogP contribution in [0.15, 0.2) is 17.5 Å². The number of benzene rings is 1. The van der Waals surface area contributed by atoms with Crippen molar-refractivity contribution in [3.8, 4) is 17.2 Å². The second-order valence-electron chi connectivity index (χ2n) is 2.98. The lowest BCUT2D eigenvalue weighted by Crippen LogP contribution is -1.94. The summed E-state index contributed by atoms with van der Waals surface area (Å²) in [5.74, 6) is 2.08. The minimum absolute atomic E-state index is 0.648. The molecule has 0 N–H and O–H groups in total. The van der Waals surface area contributed by atoms with Crippen molar-refractivity contribution >= 4 is 21.4 Å². The second kappa shape index (κ2) is 3.98. The van der Waals surface area contributed by atoms with Gasteiger partial charge in [0.2, 0.25) is 5.75 Å². The molecule has 2 aromatic rings. The smallest absolute Gasteiger partial charge is 0.204 e.